The van der Waals surface area contributed by atoms with Crippen molar-refractivity contribution in [1.29, 1.82) is 0 Å². The topological polar surface area (TPSA) is 110 Å². The van der Waals surface area contributed by atoms with Crippen molar-refractivity contribution >= 4 is 29.4 Å². The zero-order valence-electron chi connectivity index (χ0n) is 18.9. The summed E-state index contributed by atoms with van der Waals surface area (Å²) in [6, 6.07) is 21.2. The summed E-state index contributed by atoms with van der Waals surface area (Å²) in [6.07, 6.45) is 7.32. The van der Waals surface area contributed by atoms with Crippen LogP contribution in [0.4, 0.5) is 11.5 Å². The average Bonchev–Trinajstić information content (AvgIpc) is 2.82. The van der Waals surface area contributed by atoms with Gasteiger partial charge in [0.2, 0.25) is 0 Å². The molecule has 4 rings (SSSR count). The van der Waals surface area contributed by atoms with E-state index in [4.69, 9.17) is 15.6 Å². The highest BCUT2D eigenvalue weighted by atomic mass is 16.5. The first-order chi connectivity index (χ1) is 16.6. The SMILES string of the molecule is N/C(=C(\C=NC1CCC1)Oc1ccnc(Nc2cccc(CCC(=O)O)c2)c1)c1ccccc1. The number of aryl methyl sites for hydroxylation is 1. The minimum Gasteiger partial charge on any atom is -0.481 e. The van der Waals surface area contributed by atoms with E-state index >= 15 is 0 Å². The Hall–Kier alpha value is -4.13. The Morgan fingerprint density at radius 1 is 1.15 bits per heavy atom. The van der Waals surface area contributed by atoms with Crippen LogP contribution in [0.2, 0.25) is 0 Å². The van der Waals surface area contributed by atoms with Gasteiger partial charge in [-0.05, 0) is 49.4 Å². The number of carboxylic acids is 1. The molecular formula is C27H28N4O3. The molecule has 1 aromatic heterocycles. The maximum Gasteiger partial charge on any atom is 0.303 e. The molecule has 4 N–H and O–H groups in total. The Kier molecular flexibility index (Phi) is 7.55. The summed E-state index contributed by atoms with van der Waals surface area (Å²) in [4.78, 5) is 19.9. The van der Waals surface area contributed by atoms with E-state index in [1.165, 1.54) is 6.42 Å². The molecule has 3 aromatic rings. The molecule has 1 aliphatic carbocycles. The number of nitrogens with zero attached hydrogens (tertiary/aromatic N) is 2. The third-order valence-corrected chi connectivity index (χ3v) is 5.61. The number of aliphatic imine (C=N–C) groups is 1. The number of carboxylic acid groups (broad SMARTS) is 1. The second kappa shape index (κ2) is 11.1. The van der Waals surface area contributed by atoms with Crippen LogP contribution in [0.15, 0.2) is 83.7 Å². The summed E-state index contributed by atoms with van der Waals surface area (Å²) >= 11 is 0. The van der Waals surface area contributed by atoms with Gasteiger partial charge in [0.25, 0.3) is 0 Å². The molecule has 0 saturated heterocycles. The standard InChI is InChI=1S/C27H28N4O3/c28-27(20-7-2-1-3-8-20)24(18-30-21-9-5-10-21)34-23-14-15-29-25(17-23)31-22-11-4-6-19(16-22)12-13-26(32)33/h1-4,6-8,11,14-18,21H,5,9-10,12-13,28H2,(H,29,31)(H,32,33)/b27-24+,30-18?. The summed E-state index contributed by atoms with van der Waals surface area (Å²) in [5.41, 5.74) is 9.59. The number of benzene rings is 2. The molecule has 1 heterocycles. The number of hydrogen-bond acceptors (Lipinski definition) is 6. The number of allylic oxidation sites excluding steroid dienone is 1. The zero-order chi connectivity index (χ0) is 23.8. The van der Waals surface area contributed by atoms with Gasteiger partial charge in [-0.25, -0.2) is 4.98 Å². The molecule has 0 aliphatic heterocycles. The first-order valence-corrected chi connectivity index (χ1v) is 11.4. The van der Waals surface area contributed by atoms with Crippen LogP contribution in [0.5, 0.6) is 5.75 Å². The third-order valence-electron chi connectivity index (χ3n) is 5.61. The van der Waals surface area contributed by atoms with Crippen molar-refractivity contribution in [3.8, 4) is 5.75 Å². The lowest BCUT2D eigenvalue weighted by Gasteiger charge is -2.21. The third kappa shape index (κ3) is 6.45. The quantitative estimate of drug-likeness (QED) is 0.287. The summed E-state index contributed by atoms with van der Waals surface area (Å²) in [7, 11) is 0. The van der Waals surface area contributed by atoms with Crippen molar-refractivity contribution < 1.29 is 14.6 Å². The summed E-state index contributed by atoms with van der Waals surface area (Å²) in [6.45, 7) is 0. The monoisotopic (exact) mass is 456 g/mol. The van der Waals surface area contributed by atoms with Crippen molar-refractivity contribution in [3.63, 3.8) is 0 Å². The Labute approximate surface area is 199 Å². The number of aromatic nitrogens is 1. The lowest BCUT2D eigenvalue weighted by Crippen LogP contribution is -2.16. The molecular weight excluding hydrogens is 428 g/mol. The van der Waals surface area contributed by atoms with Crippen molar-refractivity contribution in [2.75, 3.05) is 5.32 Å². The lowest BCUT2D eigenvalue weighted by atomic mass is 9.94. The highest BCUT2D eigenvalue weighted by molar-refractivity contribution is 5.88. The second-order valence-corrected chi connectivity index (χ2v) is 8.20. The number of pyridine rings is 1. The lowest BCUT2D eigenvalue weighted by molar-refractivity contribution is -0.136. The molecule has 0 atom stereocenters. The molecule has 0 amide bonds. The molecule has 7 nitrogen and oxygen atoms in total. The zero-order valence-corrected chi connectivity index (χ0v) is 18.9. The van der Waals surface area contributed by atoms with Crippen molar-refractivity contribution in [2.24, 2.45) is 10.7 Å². The van der Waals surface area contributed by atoms with Crippen LogP contribution in [0, 0.1) is 0 Å². The van der Waals surface area contributed by atoms with E-state index in [-0.39, 0.29) is 6.42 Å². The number of rotatable bonds is 10. The summed E-state index contributed by atoms with van der Waals surface area (Å²) in [5, 5.41) is 12.2. The van der Waals surface area contributed by atoms with E-state index in [2.05, 4.69) is 15.3 Å². The predicted molar refractivity (Wildman–Crippen MR) is 134 cm³/mol. The minimum atomic E-state index is -0.815. The molecule has 0 radical (unpaired) electrons. The first-order valence-electron chi connectivity index (χ1n) is 11.4. The number of aliphatic carboxylic acids is 1. The van der Waals surface area contributed by atoms with E-state index in [1.807, 2.05) is 54.6 Å². The number of anilines is 2. The molecule has 0 spiro atoms. The highest BCUT2D eigenvalue weighted by Crippen LogP contribution is 2.25. The van der Waals surface area contributed by atoms with Crippen LogP contribution < -0.4 is 15.8 Å². The second-order valence-electron chi connectivity index (χ2n) is 8.20. The van der Waals surface area contributed by atoms with Gasteiger partial charge < -0.3 is 20.9 Å². The first kappa shape index (κ1) is 23.0. The maximum atomic E-state index is 10.9. The van der Waals surface area contributed by atoms with Crippen LogP contribution in [0.1, 0.15) is 36.8 Å². The van der Waals surface area contributed by atoms with Crippen LogP contribution in [0.3, 0.4) is 0 Å². The van der Waals surface area contributed by atoms with Gasteiger partial charge in [-0.15, -0.1) is 0 Å². The minimum absolute atomic E-state index is 0.0887. The highest BCUT2D eigenvalue weighted by Gasteiger charge is 2.16. The number of hydrogen-bond donors (Lipinski definition) is 3. The van der Waals surface area contributed by atoms with Crippen molar-refractivity contribution in [2.45, 2.75) is 38.1 Å². The Bertz CT molecular complexity index is 1190. The molecule has 7 heteroatoms. The van der Waals surface area contributed by atoms with Gasteiger partial charge in [0.05, 0.1) is 18.0 Å². The Morgan fingerprint density at radius 3 is 2.71 bits per heavy atom. The molecule has 1 aliphatic rings. The summed E-state index contributed by atoms with van der Waals surface area (Å²) < 4.78 is 6.18. The Balaban J connectivity index is 1.53. The van der Waals surface area contributed by atoms with Gasteiger partial charge in [0.1, 0.15) is 11.6 Å². The smallest absolute Gasteiger partial charge is 0.303 e. The van der Waals surface area contributed by atoms with E-state index in [0.717, 1.165) is 29.7 Å². The van der Waals surface area contributed by atoms with Crippen LogP contribution in [0.25, 0.3) is 5.70 Å². The van der Waals surface area contributed by atoms with Gasteiger partial charge in [0.15, 0.2) is 5.76 Å². The van der Waals surface area contributed by atoms with Gasteiger partial charge in [-0.2, -0.15) is 0 Å². The number of carbonyl (C=O) groups is 1. The summed E-state index contributed by atoms with van der Waals surface area (Å²) in [5.74, 6) is 0.852. The van der Waals surface area contributed by atoms with Gasteiger partial charge >= 0.3 is 5.97 Å². The largest absolute Gasteiger partial charge is 0.481 e. The van der Waals surface area contributed by atoms with Gasteiger partial charge in [-0.1, -0.05) is 42.5 Å². The van der Waals surface area contributed by atoms with E-state index < -0.39 is 5.97 Å². The molecule has 0 unspecified atom stereocenters. The van der Waals surface area contributed by atoms with Crippen LogP contribution in [-0.2, 0) is 11.2 Å². The fourth-order valence-corrected chi connectivity index (χ4v) is 3.49. The number of ether oxygens (including phenoxy) is 1. The predicted octanol–water partition coefficient (Wildman–Crippen LogP) is 5.17. The molecule has 1 saturated carbocycles. The molecule has 174 valence electrons. The fraction of sp³-hybridized carbons (Fsp3) is 0.222. The van der Waals surface area contributed by atoms with E-state index in [1.54, 1.807) is 24.5 Å². The number of nitrogens with two attached hydrogens (primary N) is 1. The Morgan fingerprint density at radius 2 is 1.97 bits per heavy atom. The maximum absolute atomic E-state index is 10.9. The number of nitrogens with one attached hydrogen (secondary N) is 1. The van der Waals surface area contributed by atoms with E-state index in [9.17, 15) is 4.79 Å². The fourth-order valence-electron chi connectivity index (χ4n) is 3.49. The van der Waals surface area contributed by atoms with Crippen molar-refractivity contribution in [3.05, 3.63) is 89.8 Å². The average molecular weight is 457 g/mol. The van der Waals surface area contributed by atoms with E-state index in [0.29, 0.717) is 35.5 Å². The van der Waals surface area contributed by atoms with Gasteiger partial charge in [-0.3, -0.25) is 9.79 Å². The molecule has 34 heavy (non-hydrogen) atoms. The molecule has 1 fully saturated rings. The molecule has 0 bridgehead atoms. The molecule has 2 aromatic carbocycles. The van der Waals surface area contributed by atoms with Gasteiger partial charge in [0, 0.05) is 29.9 Å². The van der Waals surface area contributed by atoms with Crippen molar-refractivity contribution in [1.82, 2.24) is 4.98 Å². The normalized spacial score (nSPS) is 14.4. The van der Waals surface area contributed by atoms with Crippen LogP contribution in [-0.4, -0.2) is 28.3 Å². The van der Waals surface area contributed by atoms with Crippen LogP contribution >= 0.6 is 0 Å².